The van der Waals surface area contributed by atoms with Gasteiger partial charge in [0.05, 0.1) is 17.6 Å². The third-order valence-corrected chi connectivity index (χ3v) is 5.32. The van der Waals surface area contributed by atoms with Gasteiger partial charge in [-0.1, -0.05) is 12.1 Å². The Balaban J connectivity index is 1.48. The Morgan fingerprint density at radius 3 is 2.91 bits per heavy atom. The molecule has 2 aromatic rings. The summed E-state index contributed by atoms with van der Waals surface area (Å²) in [5.41, 5.74) is 3.95. The number of nitrogens with zero attached hydrogens (tertiary/aromatic N) is 2. The van der Waals surface area contributed by atoms with Gasteiger partial charge in [0.15, 0.2) is 0 Å². The highest BCUT2D eigenvalue weighted by Crippen LogP contribution is 2.44. The van der Waals surface area contributed by atoms with Crippen molar-refractivity contribution in [2.75, 3.05) is 11.9 Å². The fraction of sp³-hybridized carbons (Fsp3) is 0.444. The lowest BCUT2D eigenvalue weighted by Gasteiger charge is -2.35. The van der Waals surface area contributed by atoms with Gasteiger partial charge < -0.3 is 15.2 Å². The van der Waals surface area contributed by atoms with Gasteiger partial charge in [0, 0.05) is 17.9 Å². The van der Waals surface area contributed by atoms with Crippen molar-refractivity contribution in [3.05, 3.63) is 47.5 Å². The van der Waals surface area contributed by atoms with E-state index in [4.69, 9.17) is 0 Å². The first kappa shape index (κ1) is 14.5. The van der Waals surface area contributed by atoms with E-state index in [2.05, 4.69) is 39.2 Å². The van der Waals surface area contributed by atoms with Crippen molar-refractivity contribution in [2.24, 2.45) is 5.92 Å². The van der Waals surface area contributed by atoms with Gasteiger partial charge in [0.25, 0.3) is 0 Å². The summed E-state index contributed by atoms with van der Waals surface area (Å²) in [6, 6.07) is 8.08. The zero-order chi connectivity index (χ0) is 16.0. The van der Waals surface area contributed by atoms with Crippen LogP contribution in [0.4, 0.5) is 5.69 Å². The normalized spacial score (nSPS) is 25.2. The minimum Gasteiger partial charge on any atom is -0.330 e. The number of hydrogen-bond donors (Lipinski definition) is 2. The van der Waals surface area contributed by atoms with Crippen LogP contribution < -0.4 is 10.6 Å². The smallest absolute Gasteiger partial charge is 0.244 e. The second-order valence-corrected chi connectivity index (χ2v) is 6.94. The average molecular weight is 310 g/mol. The Hall–Kier alpha value is -2.14. The molecule has 0 radical (unpaired) electrons. The summed E-state index contributed by atoms with van der Waals surface area (Å²) in [4.78, 5) is 16.8. The number of carbonyl (C=O) groups excluding carboxylic acids is 1. The van der Waals surface area contributed by atoms with Crippen LogP contribution in [0.15, 0.2) is 30.6 Å². The summed E-state index contributed by atoms with van der Waals surface area (Å²) >= 11 is 0. The van der Waals surface area contributed by atoms with Crippen molar-refractivity contribution in [2.45, 2.75) is 38.8 Å². The van der Waals surface area contributed by atoms with Gasteiger partial charge >= 0.3 is 0 Å². The molecule has 2 N–H and O–H groups in total. The molecule has 120 valence electrons. The van der Waals surface area contributed by atoms with Crippen LogP contribution >= 0.6 is 0 Å². The molecule has 23 heavy (non-hydrogen) atoms. The number of carbonyl (C=O) groups is 1. The van der Waals surface area contributed by atoms with Crippen LogP contribution in [0.1, 0.15) is 29.8 Å². The molecular formula is C18H22N4O. The Morgan fingerprint density at radius 1 is 1.43 bits per heavy atom. The number of imidazole rings is 1. The first-order chi connectivity index (χ1) is 11.1. The van der Waals surface area contributed by atoms with Crippen molar-refractivity contribution < 1.29 is 4.79 Å². The van der Waals surface area contributed by atoms with Crippen LogP contribution in [0.25, 0.3) is 0 Å². The number of nitrogens with one attached hydrogen (secondary N) is 2. The van der Waals surface area contributed by atoms with Gasteiger partial charge in [0.2, 0.25) is 5.91 Å². The molecule has 0 atom stereocenters. The van der Waals surface area contributed by atoms with E-state index in [0.717, 1.165) is 42.9 Å². The van der Waals surface area contributed by atoms with Crippen LogP contribution in [0.2, 0.25) is 0 Å². The number of amides is 1. The Labute approximate surface area is 136 Å². The predicted octanol–water partition coefficient (Wildman–Crippen LogP) is 2.24. The maximum Gasteiger partial charge on any atom is 0.244 e. The lowest BCUT2D eigenvalue weighted by molar-refractivity contribution is -0.124. The van der Waals surface area contributed by atoms with Gasteiger partial charge in [-0.3, -0.25) is 4.79 Å². The van der Waals surface area contributed by atoms with Crippen molar-refractivity contribution in [1.82, 2.24) is 14.9 Å². The summed E-state index contributed by atoms with van der Waals surface area (Å²) < 4.78 is 2.13. The van der Waals surface area contributed by atoms with Gasteiger partial charge in [-0.15, -0.1) is 0 Å². The van der Waals surface area contributed by atoms with E-state index in [-0.39, 0.29) is 11.4 Å². The molecule has 3 aliphatic rings. The fourth-order valence-electron chi connectivity index (χ4n) is 3.72. The van der Waals surface area contributed by atoms with Crippen molar-refractivity contribution in [3.63, 3.8) is 0 Å². The Morgan fingerprint density at radius 2 is 2.26 bits per heavy atom. The summed E-state index contributed by atoms with van der Waals surface area (Å²) in [5, 5.41) is 6.45. The highest BCUT2D eigenvalue weighted by atomic mass is 16.2. The van der Waals surface area contributed by atoms with Crippen LogP contribution in [0.5, 0.6) is 0 Å². The monoisotopic (exact) mass is 310 g/mol. The largest absolute Gasteiger partial charge is 0.330 e. The van der Waals surface area contributed by atoms with E-state index in [1.54, 1.807) is 0 Å². The molecule has 2 bridgehead atoms. The van der Waals surface area contributed by atoms with E-state index >= 15 is 0 Å². The molecular weight excluding hydrogens is 288 g/mol. The zero-order valence-corrected chi connectivity index (χ0v) is 13.6. The summed E-state index contributed by atoms with van der Waals surface area (Å²) in [6.07, 6.45) is 3.82. The average Bonchev–Trinajstić information content (AvgIpc) is 3.18. The summed E-state index contributed by atoms with van der Waals surface area (Å²) in [6.45, 7) is 5.84. The maximum absolute atomic E-state index is 12.5. The SMILES string of the molecule is Cc1ncn(Cc2cccc(NC(=O)C34CC(CN3)C4)c2)c1C. The molecule has 2 saturated heterocycles. The number of aromatic nitrogens is 2. The van der Waals surface area contributed by atoms with Crippen LogP contribution in [0, 0.1) is 19.8 Å². The van der Waals surface area contributed by atoms with E-state index in [1.807, 2.05) is 25.4 Å². The molecule has 1 aliphatic carbocycles. The molecule has 5 rings (SSSR count). The van der Waals surface area contributed by atoms with Gasteiger partial charge in [-0.05, 0) is 56.8 Å². The third-order valence-electron chi connectivity index (χ3n) is 5.32. The first-order valence-corrected chi connectivity index (χ1v) is 8.19. The van der Waals surface area contributed by atoms with Gasteiger partial charge in [0.1, 0.15) is 0 Å². The van der Waals surface area contributed by atoms with Crippen molar-refractivity contribution in [3.8, 4) is 0 Å². The molecule has 1 amide bonds. The summed E-state index contributed by atoms with van der Waals surface area (Å²) in [7, 11) is 0. The minimum absolute atomic E-state index is 0.109. The van der Waals surface area contributed by atoms with Crippen molar-refractivity contribution in [1.29, 1.82) is 0 Å². The quantitative estimate of drug-likeness (QED) is 0.910. The molecule has 5 nitrogen and oxygen atoms in total. The van der Waals surface area contributed by atoms with Crippen LogP contribution in [0.3, 0.4) is 0 Å². The lowest BCUT2D eigenvalue weighted by atomic mass is 9.73. The number of fused-ring (bicyclic) bond motifs is 1. The van der Waals surface area contributed by atoms with Crippen LogP contribution in [-0.4, -0.2) is 27.5 Å². The standard InChI is InChI=1S/C18H22N4O/c1-12-13(2)22(11-19-12)10-14-4-3-5-16(6-14)21-17(23)18-7-15(8-18)9-20-18/h3-6,11,15,20H,7-10H2,1-2H3,(H,21,23). The second kappa shape index (κ2) is 5.20. The topological polar surface area (TPSA) is 59.0 Å². The number of benzene rings is 1. The molecule has 1 saturated carbocycles. The van der Waals surface area contributed by atoms with Gasteiger partial charge in [-0.2, -0.15) is 0 Å². The van der Waals surface area contributed by atoms with Gasteiger partial charge in [-0.25, -0.2) is 4.98 Å². The second-order valence-electron chi connectivity index (χ2n) is 6.94. The highest BCUT2D eigenvalue weighted by molar-refractivity contribution is 5.99. The van der Waals surface area contributed by atoms with E-state index in [1.165, 1.54) is 5.69 Å². The van der Waals surface area contributed by atoms with E-state index < -0.39 is 0 Å². The number of anilines is 1. The molecule has 5 heteroatoms. The molecule has 1 aromatic heterocycles. The maximum atomic E-state index is 12.5. The fourth-order valence-corrected chi connectivity index (χ4v) is 3.72. The molecule has 3 heterocycles. The molecule has 0 unspecified atom stereocenters. The van der Waals surface area contributed by atoms with Crippen LogP contribution in [-0.2, 0) is 11.3 Å². The molecule has 3 fully saturated rings. The highest BCUT2D eigenvalue weighted by Gasteiger charge is 2.55. The Kier molecular flexibility index (Phi) is 3.27. The van der Waals surface area contributed by atoms with E-state index in [0.29, 0.717) is 5.92 Å². The molecule has 1 aromatic carbocycles. The lowest BCUT2D eigenvalue weighted by Crippen LogP contribution is -2.53. The predicted molar refractivity (Wildman–Crippen MR) is 89.3 cm³/mol. The minimum atomic E-state index is -0.307. The number of rotatable bonds is 4. The first-order valence-electron chi connectivity index (χ1n) is 8.19. The Bertz CT molecular complexity index is 753. The molecule has 0 spiro atoms. The molecule has 2 aliphatic heterocycles. The summed E-state index contributed by atoms with van der Waals surface area (Å²) in [5.74, 6) is 0.803. The van der Waals surface area contributed by atoms with E-state index in [9.17, 15) is 4.79 Å². The third kappa shape index (κ3) is 2.45. The zero-order valence-electron chi connectivity index (χ0n) is 13.6. The number of aryl methyl sites for hydroxylation is 1. The number of hydrogen-bond acceptors (Lipinski definition) is 3. The van der Waals surface area contributed by atoms with Crippen molar-refractivity contribution >= 4 is 11.6 Å².